The van der Waals surface area contributed by atoms with Gasteiger partial charge in [-0.1, -0.05) is 0 Å². The quantitative estimate of drug-likeness (QED) is 0.295. The standard InChI is InChI=1S/C24H32F2N6O9/c25-24(26)2-5-31(12-24)19(36)14-10-13(29-6-8-30(9-7-29)22-27-3-1-4-28-22)11-32(14)23(39)41-21-17(35)15(33)16(34)18(40-21)20(37)38/h1,3-4,13-18,21,33-35H,2,5-12H2,(H,37,38)/t13-,14-,15-,16-,17+,18-,21-/m0/s1. The van der Waals surface area contributed by atoms with E-state index in [0.717, 1.165) is 9.80 Å². The largest absolute Gasteiger partial charge is 0.479 e. The minimum absolute atomic E-state index is 0.0162. The van der Waals surface area contributed by atoms with E-state index in [1.165, 1.54) is 0 Å². The van der Waals surface area contributed by atoms with E-state index in [9.17, 15) is 43.6 Å². The molecule has 0 spiro atoms. The summed E-state index contributed by atoms with van der Waals surface area (Å²) in [5.74, 6) is -4.81. The number of alkyl halides is 2. The Balaban J connectivity index is 1.30. The zero-order valence-corrected chi connectivity index (χ0v) is 21.9. The van der Waals surface area contributed by atoms with E-state index in [2.05, 4.69) is 14.9 Å². The molecular weight excluding hydrogens is 554 g/mol. The molecule has 41 heavy (non-hydrogen) atoms. The number of carboxylic acid groups (broad SMARTS) is 1. The number of nitrogens with zero attached hydrogens (tertiary/aromatic N) is 6. The maximum atomic E-state index is 13.9. The lowest BCUT2D eigenvalue weighted by atomic mass is 9.99. The molecule has 0 unspecified atom stereocenters. The Morgan fingerprint density at radius 1 is 1.00 bits per heavy atom. The Bertz CT molecular complexity index is 1130. The van der Waals surface area contributed by atoms with Gasteiger partial charge in [-0.25, -0.2) is 28.3 Å². The fraction of sp³-hybridized carbons (Fsp3) is 0.708. The molecule has 0 radical (unpaired) electrons. The highest BCUT2D eigenvalue weighted by atomic mass is 19.3. The van der Waals surface area contributed by atoms with Crippen LogP contribution in [0.1, 0.15) is 12.8 Å². The number of anilines is 1. The predicted molar refractivity (Wildman–Crippen MR) is 132 cm³/mol. The van der Waals surface area contributed by atoms with E-state index in [-0.39, 0.29) is 25.6 Å². The van der Waals surface area contributed by atoms with Crippen LogP contribution < -0.4 is 4.90 Å². The summed E-state index contributed by atoms with van der Waals surface area (Å²) in [5.41, 5.74) is 0. The maximum absolute atomic E-state index is 13.9. The molecule has 0 aliphatic carbocycles. The number of amides is 2. The smallest absolute Gasteiger partial charge is 0.412 e. The number of carbonyl (C=O) groups is 3. The minimum atomic E-state index is -3.04. The number of aliphatic carboxylic acids is 1. The summed E-state index contributed by atoms with van der Waals surface area (Å²) in [5, 5.41) is 39.5. The molecule has 5 rings (SSSR count). The van der Waals surface area contributed by atoms with Crippen LogP contribution >= 0.6 is 0 Å². The summed E-state index contributed by atoms with van der Waals surface area (Å²) >= 11 is 0. The van der Waals surface area contributed by atoms with Crippen LogP contribution in [0.5, 0.6) is 0 Å². The van der Waals surface area contributed by atoms with Crippen molar-refractivity contribution >= 4 is 23.9 Å². The molecular formula is C24H32F2N6O9. The van der Waals surface area contributed by atoms with Gasteiger partial charge >= 0.3 is 12.1 Å². The second kappa shape index (κ2) is 11.6. The van der Waals surface area contributed by atoms with Gasteiger partial charge in [0.25, 0.3) is 5.92 Å². The Kier molecular flexibility index (Phi) is 8.24. The van der Waals surface area contributed by atoms with Gasteiger partial charge in [0.15, 0.2) is 6.10 Å². The highest BCUT2D eigenvalue weighted by Crippen LogP contribution is 2.32. The van der Waals surface area contributed by atoms with E-state index in [4.69, 9.17) is 9.47 Å². The van der Waals surface area contributed by atoms with E-state index in [0.29, 0.717) is 32.1 Å². The lowest BCUT2D eigenvalue weighted by molar-refractivity contribution is -0.280. The van der Waals surface area contributed by atoms with Gasteiger partial charge in [0.1, 0.15) is 24.4 Å². The summed E-state index contributed by atoms with van der Waals surface area (Å²) in [6, 6.07) is 0.208. The summed E-state index contributed by atoms with van der Waals surface area (Å²) < 4.78 is 38.1. The van der Waals surface area contributed by atoms with Crippen LogP contribution in [0, 0.1) is 0 Å². The first-order valence-corrected chi connectivity index (χ1v) is 13.3. The zero-order chi connectivity index (χ0) is 29.5. The Morgan fingerprint density at radius 2 is 1.68 bits per heavy atom. The molecule has 1 aromatic rings. The van der Waals surface area contributed by atoms with Crippen molar-refractivity contribution in [2.24, 2.45) is 0 Å². The predicted octanol–water partition coefficient (Wildman–Crippen LogP) is -2.06. The number of rotatable bonds is 5. The number of carbonyl (C=O) groups excluding carboxylic acids is 2. The molecule has 4 N–H and O–H groups in total. The molecule has 4 fully saturated rings. The monoisotopic (exact) mass is 586 g/mol. The molecule has 4 saturated heterocycles. The first kappa shape index (κ1) is 29.2. The van der Waals surface area contributed by atoms with Gasteiger partial charge in [-0.15, -0.1) is 0 Å². The molecule has 226 valence electrons. The number of ether oxygens (including phenoxy) is 2. The molecule has 4 aliphatic heterocycles. The van der Waals surface area contributed by atoms with Crippen molar-refractivity contribution in [2.45, 2.75) is 61.6 Å². The van der Waals surface area contributed by atoms with Crippen molar-refractivity contribution in [3.8, 4) is 0 Å². The van der Waals surface area contributed by atoms with Crippen LogP contribution in [0.3, 0.4) is 0 Å². The average Bonchev–Trinajstić information content (AvgIpc) is 3.57. The van der Waals surface area contributed by atoms with Crippen molar-refractivity contribution in [3.63, 3.8) is 0 Å². The highest BCUT2D eigenvalue weighted by molar-refractivity contribution is 5.87. The lowest BCUT2D eigenvalue weighted by Gasteiger charge is -2.39. The number of hydrogen-bond donors (Lipinski definition) is 4. The summed E-state index contributed by atoms with van der Waals surface area (Å²) in [6.45, 7) is 1.26. The van der Waals surface area contributed by atoms with Gasteiger partial charge < -0.3 is 39.7 Å². The number of hydrogen-bond acceptors (Lipinski definition) is 12. The summed E-state index contributed by atoms with van der Waals surface area (Å²) in [4.78, 5) is 52.7. The van der Waals surface area contributed by atoms with Gasteiger partial charge in [-0.3, -0.25) is 14.6 Å². The van der Waals surface area contributed by atoms with E-state index in [1.54, 1.807) is 18.5 Å². The van der Waals surface area contributed by atoms with Crippen LogP contribution in [0.2, 0.25) is 0 Å². The number of piperazine rings is 1. The molecule has 5 heterocycles. The Hall–Kier alpha value is -3.25. The number of aromatic nitrogens is 2. The fourth-order valence-corrected chi connectivity index (χ4v) is 5.71. The fourth-order valence-electron chi connectivity index (χ4n) is 5.71. The zero-order valence-electron chi connectivity index (χ0n) is 21.9. The molecule has 15 nitrogen and oxygen atoms in total. The Labute approximate surface area is 232 Å². The average molecular weight is 587 g/mol. The first-order valence-electron chi connectivity index (χ1n) is 13.3. The van der Waals surface area contributed by atoms with Crippen molar-refractivity contribution in [3.05, 3.63) is 18.5 Å². The minimum Gasteiger partial charge on any atom is -0.479 e. The SMILES string of the molecule is O=C(O)[C@H]1O[C@@H](OC(=O)N2C[C@@H](N3CCN(c4ncccn4)CC3)C[C@H]2C(=O)N2CCC(F)(F)C2)[C@H](O)[C@@H](O)[C@@H]1O. The van der Waals surface area contributed by atoms with Crippen LogP contribution in [0.15, 0.2) is 18.5 Å². The Morgan fingerprint density at radius 3 is 2.29 bits per heavy atom. The van der Waals surface area contributed by atoms with E-state index < -0.39 is 73.6 Å². The van der Waals surface area contributed by atoms with Crippen molar-refractivity contribution in [1.29, 1.82) is 0 Å². The highest BCUT2D eigenvalue weighted by Gasteiger charge is 2.52. The lowest BCUT2D eigenvalue weighted by Crippen LogP contribution is -2.61. The van der Waals surface area contributed by atoms with Gasteiger partial charge in [0, 0.05) is 64.1 Å². The molecule has 0 aromatic carbocycles. The summed E-state index contributed by atoms with van der Waals surface area (Å²) in [7, 11) is 0. The number of aliphatic hydroxyl groups is 3. The third-order valence-corrected chi connectivity index (χ3v) is 7.98. The van der Waals surface area contributed by atoms with Gasteiger partial charge in [-0.05, 0) is 12.5 Å². The van der Waals surface area contributed by atoms with Gasteiger partial charge in [-0.2, -0.15) is 0 Å². The van der Waals surface area contributed by atoms with Crippen LogP contribution in [0.25, 0.3) is 0 Å². The number of likely N-dealkylation sites (tertiary alicyclic amines) is 2. The third kappa shape index (κ3) is 6.04. The second-order valence-electron chi connectivity index (χ2n) is 10.6. The molecule has 4 aliphatic rings. The number of halogens is 2. The normalized spacial score (nSPS) is 34.1. The first-order chi connectivity index (χ1) is 19.4. The molecule has 7 atom stereocenters. The summed E-state index contributed by atoms with van der Waals surface area (Å²) in [6.07, 6.45) is -8.19. The molecule has 17 heteroatoms. The van der Waals surface area contributed by atoms with Crippen molar-refractivity contribution < 1.29 is 53.1 Å². The topological polar surface area (TPSA) is 189 Å². The number of aliphatic hydroxyl groups excluding tert-OH is 3. The van der Waals surface area contributed by atoms with Gasteiger partial charge in [0.2, 0.25) is 18.1 Å². The maximum Gasteiger partial charge on any atom is 0.412 e. The molecule has 2 amide bonds. The van der Waals surface area contributed by atoms with Crippen LogP contribution in [0.4, 0.5) is 19.5 Å². The van der Waals surface area contributed by atoms with Crippen LogP contribution in [-0.2, 0) is 19.1 Å². The number of carboxylic acids is 1. The van der Waals surface area contributed by atoms with Crippen molar-refractivity contribution in [1.82, 2.24) is 24.7 Å². The third-order valence-electron chi connectivity index (χ3n) is 7.98. The second-order valence-corrected chi connectivity index (χ2v) is 10.6. The molecule has 1 aromatic heterocycles. The van der Waals surface area contributed by atoms with Gasteiger partial charge in [0.05, 0.1) is 6.54 Å². The van der Waals surface area contributed by atoms with E-state index >= 15 is 0 Å². The molecule has 0 bridgehead atoms. The molecule has 0 saturated carbocycles. The van der Waals surface area contributed by atoms with Crippen molar-refractivity contribution in [2.75, 3.05) is 50.7 Å². The van der Waals surface area contributed by atoms with E-state index in [1.807, 2.05) is 4.90 Å². The van der Waals surface area contributed by atoms with Crippen LogP contribution in [-0.4, -0.2) is 158 Å².